The van der Waals surface area contributed by atoms with E-state index in [0.717, 1.165) is 28.4 Å². The van der Waals surface area contributed by atoms with Crippen molar-refractivity contribution in [3.8, 4) is 0 Å². The zero-order valence-electron chi connectivity index (χ0n) is 9.97. The Morgan fingerprint density at radius 2 is 1.94 bits per heavy atom. The SMILES string of the molecule is O=C(CCCc1cncc(Br)c1)c1ccccc1. The first-order valence-corrected chi connectivity index (χ1v) is 6.72. The first kappa shape index (κ1) is 13.0. The maximum absolute atomic E-state index is 11.9. The standard InChI is InChI=1S/C15H14BrNO/c16-14-9-12(10-17-11-14)5-4-8-15(18)13-6-2-1-3-7-13/h1-3,6-7,9-11H,4-5,8H2. The average molecular weight is 304 g/mol. The molecule has 0 atom stereocenters. The number of halogens is 1. The zero-order valence-corrected chi connectivity index (χ0v) is 11.6. The van der Waals surface area contributed by atoms with Gasteiger partial charge in [-0.15, -0.1) is 0 Å². The van der Waals surface area contributed by atoms with Crippen molar-refractivity contribution < 1.29 is 4.79 Å². The number of hydrogen-bond donors (Lipinski definition) is 0. The Hall–Kier alpha value is -1.48. The molecular formula is C15H14BrNO. The monoisotopic (exact) mass is 303 g/mol. The van der Waals surface area contributed by atoms with Crippen LogP contribution in [0.4, 0.5) is 0 Å². The fraction of sp³-hybridized carbons (Fsp3) is 0.200. The summed E-state index contributed by atoms with van der Waals surface area (Å²) in [5.74, 6) is 0.207. The Kier molecular flexibility index (Phi) is 4.65. The van der Waals surface area contributed by atoms with Crippen molar-refractivity contribution in [3.63, 3.8) is 0 Å². The molecule has 2 rings (SSSR count). The summed E-state index contributed by atoms with van der Waals surface area (Å²) in [5.41, 5.74) is 1.95. The van der Waals surface area contributed by atoms with Gasteiger partial charge < -0.3 is 0 Å². The molecule has 18 heavy (non-hydrogen) atoms. The molecule has 2 aromatic rings. The molecule has 0 aliphatic carbocycles. The second-order valence-corrected chi connectivity index (χ2v) is 5.07. The topological polar surface area (TPSA) is 30.0 Å². The van der Waals surface area contributed by atoms with E-state index in [4.69, 9.17) is 0 Å². The maximum Gasteiger partial charge on any atom is 0.162 e. The van der Waals surface area contributed by atoms with E-state index in [1.165, 1.54) is 0 Å². The van der Waals surface area contributed by atoms with E-state index >= 15 is 0 Å². The number of aryl methyl sites for hydroxylation is 1. The number of carbonyl (C=O) groups is 1. The average Bonchev–Trinajstić information content (AvgIpc) is 2.40. The smallest absolute Gasteiger partial charge is 0.162 e. The second kappa shape index (κ2) is 6.45. The van der Waals surface area contributed by atoms with Crippen LogP contribution in [0.5, 0.6) is 0 Å². The number of nitrogens with zero attached hydrogens (tertiary/aromatic N) is 1. The van der Waals surface area contributed by atoms with Crippen molar-refractivity contribution in [2.24, 2.45) is 0 Å². The Morgan fingerprint density at radius 3 is 2.67 bits per heavy atom. The molecule has 0 N–H and O–H groups in total. The Labute approximate surface area is 115 Å². The van der Waals surface area contributed by atoms with Gasteiger partial charge in [0, 0.05) is 28.9 Å². The minimum atomic E-state index is 0.207. The first-order chi connectivity index (χ1) is 8.75. The third kappa shape index (κ3) is 3.77. The van der Waals surface area contributed by atoms with Crippen LogP contribution in [0, 0.1) is 0 Å². The number of ketones is 1. The normalized spacial score (nSPS) is 10.3. The Balaban J connectivity index is 1.84. The lowest BCUT2D eigenvalue weighted by molar-refractivity contribution is 0.0980. The molecule has 1 aromatic heterocycles. The molecule has 2 nitrogen and oxygen atoms in total. The van der Waals surface area contributed by atoms with E-state index in [2.05, 4.69) is 20.9 Å². The molecule has 0 aliphatic rings. The van der Waals surface area contributed by atoms with Crippen LogP contribution in [0.25, 0.3) is 0 Å². The summed E-state index contributed by atoms with van der Waals surface area (Å²) >= 11 is 3.39. The number of pyridine rings is 1. The van der Waals surface area contributed by atoms with Gasteiger partial charge in [-0.25, -0.2) is 0 Å². The van der Waals surface area contributed by atoms with Crippen LogP contribution < -0.4 is 0 Å². The summed E-state index contributed by atoms with van der Waals surface area (Å²) in [6.45, 7) is 0. The summed E-state index contributed by atoms with van der Waals surface area (Å²) in [6.07, 6.45) is 5.92. The van der Waals surface area contributed by atoms with E-state index in [0.29, 0.717) is 6.42 Å². The molecule has 92 valence electrons. The number of aromatic nitrogens is 1. The van der Waals surface area contributed by atoms with Crippen molar-refractivity contribution in [1.82, 2.24) is 4.98 Å². The lowest BCUT2D eigenvalue weighted by atomic mass is 10.0. The van der Waals surface area contributed by atoms with Crippen LogP contribution in [-0.2, 0) is 6.42 Å². The van der Waals surface area contributed by atoms with Crippen molar-refractivity contribution in [3.05, 3.63) is 64.4 Å². The van der Waals surface area contributed by atoms with Gasteiger partial charge >= 0.3 is 0 Å². The molecule has 0 spiro atoms. The van der Waals surface area contributed by atoms with Crippen molar-refractivity contribution in [2.75, 3.05) is 0 Å². The minimum Gasteiger partial charge on any atom is -0.294 e. The second-order valence-electron chi connectivity index (χ2n) is 4.15. The highest BCUT2D eigenvalue weighted by Crippen LogP contribution is 2.13. The molecule has 1 aromatic carbocycles. The van der Waals surface area contributed by atoms with Gasteiger partial charge in [-0.2, -0.15) is 0 Å². The summed E-state index contributed by atoms with van der Waals surface area (Å²) in [4.78, 5) is 16.0. The molecule has 0 radical (unpaired) electrons. The Morgan fingerprint density at radius 1 is 1.17 bits per heavy atom. The fourth-order valence-electron chi connectivity index (χ4n) is 1.81. The molecule has 0 bridgehead atoms. The highest BCUT2D eigenvalue weighted by atomic mass is 79.9. The van der Waals surface area contributed by atoms with Crippen LogP contribution in [0.2, 0.25) is 0 Å². The third-order valence-corrected chi connectivity index (χ3v) is 3.16. The van der Waals surface area contributed by atoms with Gasteiger partial charge in [0.25, 0.3) is 0 Å². The summed E-state index contributed by atoms with van der Waals surface area (Å²) in [7, 11) is 0. The van der Waals surface area contributed by atoms with E-state index in [9.17, 15) is 4.79 Å². The molecular weight excluding hydrogens is 290 g/mol. The third-order valence-electron chi connectivity index (χ3n) is 2.73. The molecule has 0 saturated carbocycles. The molecule has 0 unspecified atom stereocenters. The van der Waals surface area contributed by atoms with Crippen LogP contribution in [0.1, 0.15) is 28.8 Å². The molecule has 0 fully saturated rings. The lowest BCUT2D eigenvalue weighted by Gasteiger charge is -2.02. The Bertz CT molecular complexity index is 525. The van der Waals surface area contributed by atoms with Gasteiger partial charge in [0.15, 0.2) is 5.78 Å². The quantitative estimate of drug-likeness (QED) is 0.780. The predicted octanol–water partition coefficient (Wildman–Crippen LogP) is 4.05. The number of Topliss-reactive ketones (excluding diaryl/α,β-unsaturated/α-hetero) is 1. The highest BCUT2D eigenvalue weighted by Gasteiger charge is 2.04. The fourth-order valence-corrected chi connectivity index (χ4v) is 2.23. The van der Waals surface area contributed by atoms with Gasteiger partial charge in [-0.3, -0.25) is 9.78 Å². The van der Waals surface area contributed by atoms with Gasteiger partial charge in [-0.05, 0) is 40.4 Å². The number of carbonyl (C=O) groups excluding carboxylic acids is 1. The summed E-state index contributed by atoms with van der Waals surface area (Å²) in [6, 6.07) is 11.5. The predicted molar refractivity (Wildman–Crippen MR) is 75.6 cm³/mol. The van der Waals surface area contributed by atoms with Crippen LogP contribution in [-0.4, -0.2) is 10.8 Å². The first-order valence-electron chi connectivity index (χ1n) is 5.93. The van der Waals surface area contributed by atoms with Crippen LogP contribution >= 0.6 is 15.9 Å². The molecule has 0 amide bonds. The van der Waals surface area contributed by atoms with E-state index in [1.54, 1.807) is 6.20 Å². The van der Waals surface area contributed by atoms with Crippen LogP contribution in [0.15, 0.2) is 53.3 Å². The summed E-state index contributed by atoms with van der Waals surface area (Å²) < 4.78 is 0.981. The van der Waals surface area contributed by atoms with Crippen molar-refractivity contribution in [1.29, 1.82) is 0 Å². The lowest BCUT2D eigenvalue weighted by Crippen LogP contribution is -1.99. The highest BCUT2D eigenvalue weighted by molar-refractivity contribution is 9.10. The largest absolute Gasteiger partial charge is 0.294 e. The summed E-state index contributed by atoms with van der Waals surface area (Å²) in [5, 5.41) is 0. The number of hydrogen-bond acceptors (Lipinski definition) is 2. The van der Waals surface area contributed by atoms with Crippen LogP contribution in [0.3, 0.4) is 0 Å². The molecule has 0 saturated heterocycles. The molecule has 1 heterocycles. The van der Waals surface area contributed by atoms with Crippen molar-refractivity contribution >= 4 is 21.7 Å². The molecule has 3 heteroatoms. The van der Waals surface area contributed by atoms with Gasteiger partial charge in [-0.1, -0.05) is 30.3 Å². The number of benzene rings is 1. The van der Waals surface area contributed by atoms with E-state index in [1.807, 2.05) is 42.6 Å². The number of rotatable bonds is 5. The minimum absolute atomic E-state index is 0.207. The molecule has 0 aliphatic heterocycles. The van der Waals surface area contributed by atoms with Gasteiger partial charge in [0.2, 0.25) is 0 Å². The maximum atomic E-state index is 11.9. The van der Waals surface area contributed by atoms with E-state index in [-0.39, 0.29) is 5.78 Å². The van der Waals surface area contributed by atoms with Gasteiger partial charge in [0.1, 0.15) is 0 Å². The van der Waals surface area contributed by atoms with Crippen molar-refractivity contribution in [2.45, 2.75) is 19.3 Å². The zero-order chi connectivity index (χ0) is 12.8. The van der Waals surface area contributed by atoms with E-state index < -0.39 is 0 Å². The van der Waals surface area contributed by atoms with Gasteiger partial charge in [0.05, 0.1) is 0 Å².